The topological polar surface area (TPSA) is 93.4 Å². The number of aromatic nitrogens is 2. The van der Waals surface area contributed by atoms with Crippen molar-refractivity contribution >= 4 is 16.6 Å². The molecule has 152 valence electrons. The van der Waals surface area contributed by atoms with Gasteiger partial charge in [-0.3, -0.25) is 14.3 Å². The normalized spacial score (nSPS) is 20.9. The fourth-order valence-corrected chi connectivity index (χ4v) is 3.94. The molecule has 2 aliphatic rings. The number of alkyl halides is 2. The lowest BCUT2D eigenvalue weighted by molar-refractivity contribution is -0.0488. The number of anilines is 1. The molecule has 7 nitrogen and oxygen atoms in total. The molecule has 0 amide bonds. The Hall–Kier alpha value is -2.49. The Balaban J connectivity index is 1.99. The van der Waals surface area contributed by atoms with Gasteiger partial charge in [0.05, 0.1) is 5.39 Å². The predicted octanol–water partition coefficient (Wildman–Crippen LogP) is 1.94. The van der Waals surface area contributed by atoms with Crippen LogP contribution in [-0.4, -0.2) is 35.3 Å². The van der Waals surface area contributed by atoms with E-state index in [-0.39, 0.29) is 34.6 Å². The Labute approximate surface area is 157 Å². The summed E-state index contributed by atoms with van der Waals surface area (Å²) < 4.78 is 47.4. The number of halogens is 3. The average Bonchev–Trinajstić information content (AvgIpc) is 3.31. The number of fused-ring (bicyclic) bond motifs is 1. The van der Waals surface area contributed by atoms with Crippen molar-refractivity contribution in [3.8, 4) is 5.75 Å². The molecule has 1 saturated heterocycles. The number of nitrogens with zero attached hydrogens (tertiary/aromatic N) is 2. The molecule has 2 aromatic rings. The molecule has 0 unspecified atom stereocenters. The second-order valence-electron chi connectivity index (χ2n) is 7.53. The smallest absolute Gasteiger partial charge is 0.387 e. The first-order chi connectivity index (χ1) is 13.3. The second kappa shape index (κ2) is 6.84. The highest BCUT2D eigenvalue weighted by Crippen LogP contribution is 2.44. The van der Waals surface area contributed by atoms with Crippen molar-refractivity contribution < 1.29 is 17.9 Å². The van der Waals surface area contributed by atoms with Crippen LogP contribution in [0, 0.1) is 11.7 Å². The Bertz CT molecular complexity index is 1030. The lowest BCUT2D eigenvalue weighted by Gasteiger charge is -2.25. The van der Waals surface area contributed by atoms with Crippen molar-refractivity contribution in [2.45, 2.75) is 44.9 Å². The van der Waals surface area contributed by atoms with Gasteiger partial charge in [0.1, 0.15) is 11.2 Å². The number of aromatic amines is 1. The summed E-state index contributed by atoms with van der Waals surface area (Å²) >= 11 is 0. The molecule has 2 fully saturated rings. The van der Waals surface area contributed by atoms with Crippen molar-refractivity contribution in [3.63, 3.8) is 0 Å². The van der Waals surface area contributed by atoms with Crippen molar-refractivity contribution in [2.24, 2.45) is 11.7 Å². The summed E-state index contributed by atoms with van der Waals surface area (Å²) in [5.74, 6) is -1.25. The van der Waals surface area contributed by atoms with E-state index in [9.17, 15) is 18.4 Å². The van der Waals surface area contributed by atoms with Crippen LogP contribution in [0.5, 0.6) is 5.75 Å². The molecule has 0 bridgehead atoms. The summed E-state index contributed by atoms with van der Waals surface area (Å²) in [7, 11) is 0. The van der Waals surface area contributed by atoms with Crippen molar-refractivity contribution in [2.75, 3.05) is 18.0 Å². The van der Waals surface area contributed by atoms with Crippen LogP contribution in [0.3, 0.4) is 0 Å². The van der Waals surface area contributed by atoms with Gasteiger partial charge in [-0.1, -0.05) is 0 Å². The zero-order chi connectivity index (χ0) is 20.2. The lowest BCUT2D eigenvalue weighted by Crippen LogP contribution is -2.32. The fraction of sp³-hybridized carbons (Fsp3) is 0.556. The SMILES string of the molecule is C[C@@H](N)[C@H]1CCN(c2c(F)cc3c(=O)[nH]c(=O)n(C4CC4)c3c2OC(F)F)C1. The summed E-state index contributed by atoms with van der Waals surface area (Å²) in [4.78, 5) is 28.4. The van der Waals surface area contributed by atoms with Crippen molar-refractivity contribution in [1.29, 1.82) is 0 Å². The Morgan fingerprint density at radius 1 is 1.29 bits per heavy atom. The molecule has 1 aromatic heterocycles. The number of ether oxygens (including phenoxy) is 1. The quantitative estimate of drug-likeness (QED) is 0.803. The van der Waals surface area contributed by atoms with E-state index in [1.54, 1.807) is 4.90 Å². The van der Waals surface area contributed by atoms with Gasteiger partial charge in [0.2, 0.25) is 0 Å². The molecule has 1 aliphatic carbocycles. The van der Waals surface area contributed by atoms with Gasteiger partial charge in [-0.15, -0.1) is 0 Å². The zero-order valence-corrected chi connectivity index (χ0v) is 15.3. The van der Waals surface area contributed by atoms with Gasteiger partial charge in [0.25, 0.3) is 5.56 Å². The summed E-state index contributed by atoms with van der Waals surface area (Å²) in [6, 6.07) is 0.611. The molecule has 1 aliphatic heterocycles. The Kier molecular flexibility index (Phi) is 4.60. The molecule has 0 radical (unpaired) electrons. The van der Waals surface area contributed by atoms with E-state index in [0.717, 1.165) is 6.07 Å². The van der Waals surface area contributed by atoms with Gasteiger partial charge in [-0.25, -0.2) is 9.18 Å². The first-order valence-electron chi connectivity index (χ1n) is 9.24. The number of benzene rings is 1. The second-order valence-corrected chi connectivity index (χ2v) is 7.53. The number of rotatable bonds is 5. The number of hydrogen-bond acceptors (Lipinski definition) is 5. The minimum absolute atomic E-state index is 0.0688. The van der Waals surface area contributed by atoms with E-state index in [2.05, 4.69) is 4.98 Å². The van der Waals surface area contributed by atoms with Crippen LogP contribution >= 0.6 is 0 Å². The first kappa shape index (κ1) is 18.9. The van der Waals surface area contributed by atoms with Crippen LogP contribution < -0.4 is 26.6 Å². The molecular weight excluding hydrogens is 377 g/mol. The summed E-state index contributed by atoms with van der Waals surface area (Å²) in [5.41, 5.74) is 4.14. The molecule has 1 saturated carbocycles. The summed E-state index contributed by atoms with van der Waals surface area (Å²) in [5, 5.41) is -0.189. The molecule has 2 heterocycles. The van der Waals surface area contributed by atoms with E-state index >= 15 is 4.39 Å². The van der Waals surface area contributed by atoms with Gasteiger partial charge in [0, 0.05) is 25.2 Å². The van der Waals surface area contributed by atoms with Crippen LogP contribution in [-0.2, 0) is 0 Å². The van der Waals surface area contributed by atoms with E-state index < -0.39 is 29.4 Å². The lowest BCUT2D eigenvalue weighted by atomic mass is 10.0. The largest absolute Gasteiger partial charge is 0.430 e. The van der Waals surface area contributed by atoms with E-state index in [1.807, 2.05) is 6.92 Å². The maximum Gasteiger partial charge on any atom is 0.387 e. The third kappa shape index (κ3) is 3.15. The van der Waals surface area contributed by atoms with Gasteiger partial charge in [-0.05, 0) is 38.2 Å². The van der Waals surface area contributed by atoms with Crippen LogP contribution in [0.15, 0.2) is 15.7 Å². The molecule has 3 N–H and O–H groups in total. The monoisotopic (exact) mass is 398 g/mol. The van der Waals surface area contributed by atoms with E-state index in [1.165, 1.54) is 4.57 Å². The number of H-pyrrole nitrogens is 1. The molecule has 1 aromatic carbocycles. The number of nitrogens with two attached hydrogens (primary N) is 1. The van der Waals surface area contributed by atoms with Crippen molar-refractivity contribution in [1.82, 2.24) is 9.55 Å². The molecule has 10 heteroatoms. The summed E-state index contributed by atoms with van der Waals surface area (Å²) in [6.07, 6.45) is 2.00. The van der Waals surface area contributed by atoms with Crippen LogP contribution in [0.25, 0.3) is 10.9 Å². The maximum atomic E-state index is 15.0. The van der Waals surface area contributed by atoms with Gasteiger partial charge in [-0.2, -0.15) is 8.78 Å². The highest BCUT2D eigenvalue weighted by molar-refractivity contribution is 5.91. The van der Waals surface area contributed by atoms with Crippen LogP contribution in [0.4, 0.5) is 18.9 Å². The third-order valence-corrected chi connectivity index (χ3v) is 5.51. The van der Waals surface area contributed by atoms with Gasteiger partial charge >= 0.3 is 12.3 Å². The Morgan fingerprint density at radius 3 is 2.57 bits per heavy atom. The van der Waals surface area contributed by atoms with Gasteiger partial charge < -0.3 is 15.4 Å². The minimum atomic E-state index is -3.24. The molecular formula is C18H21F3N4O3. The maximum absolute atomic E-state index is 15.0. The number of hydrogen-bond donors (Lipinski definition) is 2. The zero-order valence-electron chi connectivity index (χ0n) is 15.3. The molecule has 4 rings (SSSR count). The number of nitrogens with one attached hydrogen (secondary N) is 1. The first-order valence-corrected chi connectivity index (χ1v) is 9.24. The molecule has 0 spiro atoms. The fourth-order valence-electron chi connectivity index (χ4n) is 3.94. The highest BCUT2D eigenvalue weighted by Gasteiger charge is 2.34. The minimum Gasteiger partial charge on any atom is -0.430 e. The molecule has 2 atom stereocenters. The van der Waals surface area contributed by atoms with Crippen molar-refractivity contribution in [3.05, 3.63) is 32.7 Å². The highest BCUT2D eigenvalue weighted by atomic mass is 19.3. The standard InChI is InChI=1S/C18H21F3N4O3/c1-8(22)9-4-5-24(7-9)14-12(19)6-11-13(15(14)28-17(20)21)25(10-2-3-10)18(27)23-16(11)26/h6,8-10,17H,2-5,7,22H2,1H3,(H,23,26,27)/t8-,9+/m1/s1. The predicted molar refractivity (Wildman–Crippen MR) is 97.7 cm³/mol. The molecule has 28 heavy (non-hydrogen) atoms. The van der Waals surface area contributed by atoms with Crippen LogP contribution in [0.1, 0.15) is 32.2 Å². The third-order valence-electron chi connectivity index (χ3n) is 5.51. The summed E-state index contributed by atoms with van der Waals surface area (Å²) in [6.45, 7) is -0.620. The van der Waals surface area contributed by atoms with E-state index in [4.69, 9.17) is 10.5 Å². The average molecular weight is 398 g/mol. The van der Waals surface area contributed by atoms with Crippen LogP contribution in [0.2, 0.25) is 0 Å². The van der Waals surface area contributed by atoms with E-state index in [0.29, 0.717) is 32.4 Å². The van der Waals surface area contributed by atoms with Gasteiger partial charge in [0.15, 0.2) is 11.6 Å². The Morgan fingerprint density at radius 2 is 2.00 bits per heavy atom.